The number of nitrogens with one attached hydrogen (secondary N) is 1. The first-order valence-corrected chi connectivity index (χ1v) is 8.60. The minimum atomic E-state index is -3.39. The number of alkyl halides is 1. The predicted octanol–water partition coefficient (Wildman–Crippen LogP) is 1.82. The lowest BCUT2D eigenvalue weighted by Gasteiger charge is -2.30. The first-order chi connectivity index (χ1) is 8.46. The van der Waals surface area contributed by atoms with Crippen LogP contribution >= 0.6 is 15.9 Å². The number of aromatic amines is 1. The lowest BCUT2D eigenvalue weighted by atomic mass is 10.0. The molecule has 2 rings (SSSR count). The Bertz CT molecular complexity index is 499. The summed E-state index contributed by atoms with van der Waals surface area (Å²) in [5.41, 5.74) is 1.17. The average molecular weight is 336 g/mol. The summed E-state index contributed by atoms with van der Waals surface area (Å²) in [5.74, 6) is 0.586. The molecule has 1 fully saturated rings. The van der Waals surface area contributed by atoms with Gasteiger partial charge in [0.1, 0.15) is 4.90 Å². The van der Waals surface area contributed by atoms with Gasteiger partial charge >= 0.3 is 0 Å². The van der Waals surface area contributed by atoms with Crippen molar-refractivity contribution in [2.75, 3.05) is 18.4 Å². The van der Waals surface area contributed by atoms with Crippen LogP contribution in [0.4, 0.5) is 0 Å². The summed E-state index contributed by atoms with van der Waals surface area (Å²) in [6.07, 6.45) is 1.83. The highest BCUT2D eigenvalue weighted by molar-refractivity contribution is 9.09. The van der Waals surface area contributed by atoms with Crippen molar-refractivity contribution in [2.24, 2.45) is 5.92 Å². The van der Waals surface area contributed by atoms with Gasteiger partial charge in [-0.25, -0.2) is 8.42 Å². The van der Waals surface area contributed by atoms with E-state index in [0.29, 0.717) is 35.3 Å². The highest BCUT2D eigenvalue weighted by Gasteiger charge is 2.32. The molecule has 7 heteroatoms. The molecular formula is C11H18BrN3O2S. The number of hydrogen-bond donors (Lipinski definition) is 1. The molecule has 18 heavy (non-hydrogen) atoms. The van der Waals surface area contributed by atoms with Crippen LogP contribution in [0.5, 0.6) is 0 Å². The van der Waals surface area contributed by atoms with Gasteiger partial charge in [-0.05, 0) is 32.6 Å². The van der Waals surface area contributed by atoms with Gasteiger partial charge in [0.15, 0.2) is 0 Å². The van der Waals surface area contributed by atoms with Crippen LogP contribution in [-0.4, -0.2) is 41.3 Å². The summed E-state index contributed by atoms with van der Waals surface area (Å²) in [7, 11) is -3.39. The summed E-state index contributed by atoms with van der Waals surface area (Å²) in [5, 5.41) is 7.66. The van der Waals surface area contributed by atoms with Crippen molar-refractivity contribution in [3.8, 4) is 0 Å². The molecule has 1 aromatic heterocycles. The molecule has 0 unspecified atom stereocenters. The van der Waals surface area contributed by atoms with E-state index in [2.05, 4.69) is 26.1 Å². The van der Waals surface area contributed by atoms with Crippen molar-refractivity contribution in [1.29, 1.82) is 0 Å². The van der Waals surface area contributed by atoms with Crippen molar-refractivity contribution < 1.29 is 8.42 Å². The Morgan fingerprint density at radius 2 is 2.00 bits per heavy atom. The Labute approximate surface area is 116 Å². The monoisotopic (exact) mass is 335 g/mol. The smallest absolute Gasteiger partial charge is 0.246 e. The zero-order valence-electron chi connectivity index (χ0n) is 10.6. The number of nitrogens with zero attached hydrogens (tertiary/aromatic N) is 2. The summed E-state index contributed by atoms with van der Waals surface area (Å²) in [4.78, 5) is 0.347. The molecule has 0 aliphatic carbocycles. The first kappa shape index (κ1) is 14.0. The second-order valence-electron chi connectivity index (χ2n) is 4.76. The van der Waals surface area contributed by atoms with Crippen LogP contribution in [0.1, 0.15) is 24.2 Å². The van der Waals surface area contributed by atoms with E-state index < -0.39 is 10.0 Å². The van der Waals surface area contributed by atoms with E-state index in [4.69, 9.17) is 0 Å². The zero-order valence-corrected chi connectivity index (χ0v) is 13.0. The van der Waals surface area contributed by atoms with Crippen molar-refractivity contribution in [2.45, 2.75) is 31.6 Å². The molecule has 0 amide bonds. The molecular weight excluding hydrogens is 318 g/mol. The van der Waals surface area contributed by atoms with Crippen molar-refractivity contribution in [3.63, 3.8) is 0 Å². The molecule has 1 aromatic rings. The van der Waals surface area contributed by atoms with Crippen LogP contribution in [0.15, 0.2) is 4.90 Å². The number of rotatable bonds is 3. The fraction of sp³-hybridized carbons (Fsp3) is 0.727. The molecule has 1 N–H and O–H groups in total. The lowest BCUT2D eigenvalue weighted by Crippen LogP contribution is -2.39. The Kier molecular flexibility index (Phi) is 4.13. The van der Waals surface area contributed by atoms with Crippen molar-refractivity contribution >= 4 is 26.0 Å². The topological polar surface area (TPSA) is 66.1 Å². The zero-order chi connectivity index (χ0) is 13.3. The molecule has 2 heterocycles. The van der Waals surface area contributed by atoms with Crippen LogP contribution < -0.4 is 0 Å². The average Bonchev–Trinajstić information content (AvgIpc) is 2.69. The summed E-state index contributed by atoms with van der Waals surface area (Å²) >= 11 is 3.46. The number of hydrogen-bond acceptors (Lipinski definition) is 3. The van der Waals surface area contributed by atoms with E-state index in [1.54, 1.807) is 18.2 Å². The van der Waals surface area contributed by atoms with Crippen LogP contribution in [-0.2, 0) is 10.0 Å². The summed E-state index contributed by atoms with van der Waals surface area (Å²) < 4.78 is 26.7. The quantitative estimate of drug-likeness (QED) is 0.857. The predicted molar refractivity (Wildman–Crippen MR) is 73.3 cm³/mol. The van der Waals surface area contributed by atoms with Gasteiger partial charge in [-0.3, -0.25) is 5.10 Å². The van der Waals surface area contributed by atoms with Crippen LogP contribution in [0, 0.1) is 19.8 Å². The van der Waals surface area contributed by atoms with Gasteiger partial charge < -0.3 is 0 Å². The first-order valence-electron chi connectivity index (χ1n) is 6.04. The third-order valence-electron chi connectivity index (χ3n) is 3.45. The normalized spacial score (nSPS) is 19.3. The van der Waals surface area contributed by atoms with Crippen LogP contribution in [0.3, 0.4) is 0 Å². The maximum Gasteiger partial charge on any atom is 0.246 e. The molecule has 5 nitrogen and oxygen atoms in total. The number of H-pyrrole nitrogens is 1. The van der Waals surface area contributed by atoms with Gasteiger partial charge in [-0.1, -0.05) is 15.9 Å². The van der Waals surface area contributed by atoms with Gasteiger partial charge in [-0.2, -0.15) is 9.40 Å². The Morgan fingerprint density at radius 3 is 2.44 bits per heavy atom. The number of aromatic nitrogens is 2. The summed E-state index contributed by atoms with van der Waals surface area (Å²) in [6, 6.07) is 0. The SMILES string of the molecule is Cc1n[nH]c(C)c1S(=O)(=O)N1CCC(CBr)CC1. The molecule has 0 aromatic carbocycles. The second kappa shape index (κ2) is 5.30. The van der Waals surface area contributed by atoms with Crippen molar-refractivity contribution in [1.82, 2.24) is 14.5 Å². The number of piperidine rings is 1. The summed E-state index contributed by atoms with van der Waals surface area (Å²) in [6.45, 7) is 4.67. The van der Waals surface area contributed by atoms with Gasteiger partial charge in [0.2, 0.25) is 10.0 Å². The van der Waals surface area contributed by atoms with Gasteiger partial charge in [0, 0.05) is 18.4 Å². The maximum atomic E-state index is 12.5. The fourth-order valence-corrected chi connectivity index (χ4v) is 4.80. The number of halogens is 1. The van der Waals surface area contributed by atoms with Crippen LogP contribution in [0.2, 0.25) is 0 Å². The molecule has 0 saturated carbocycles. The highest BCUT2D eigenvalue weighted by Crippen LogP contribution is 2.27. The van der Waals surface area contributed by atoms with Gasteiger partial charge in [0.25, 0.3) is 0 Å². The fourth-order valence-electron chi connectivity index (χ4n) is 2.35. The lowest BCUT2D eigenvalue weighted by molar-refractivity contribution is 0.292. The van der Waals surface area contributed by atoms with E-state index in [0.717, 1.165) is 18.2 Å². The third kappa shape index (κ3) is 2.48. The third-order valence-corrected chi connectivity index (χ3v) is 6.53. The minimum Gasteiger partial charge on any atom is -0.281 e. The van der Waals surface area contributed by atoms with E-state index in [1.165, 1.54) is 0 Å². The number of sulfonamides is 1. The molecule has 0 radical (unpaired) electrons. The van der Waals surface area contributed by atoms with E-state index in [-0.39, 0.29) is 0 Å². The Morgan fingerprint density at radius 1 is 1.39 bits per heavy atom. The molecule has 102 valence electrons. The second-order valence-corrected chi connectivity index (χ2v) is 7.29. The Hall–Kier alpha value is -0.400. The molecule has 0 atom stereocenters. The Balaban J connectivity index is 2.23. The highest BCUT2D eigenvalue weighted by atomic mass is 79.9. The largest absolute Gasteiger partial charge is 0.281 e. The van der Waals surface area contributed by atoms with Gasteiger partial charge in [-0.15, -0.1) is 0 Å². The van der Waals surface area contributed by atoms with E-state index >= 15 is 0 Å². The number of aryl methyl sites for hydroxylation is 2. The van der Waals surface area contributed by atoms with E-state index in [9.17, 15) is 8.42 Å². The molecule has 0 bridgehead atoms. The minimum absolute atomic E-state index is 0.347. The van der Waals surface area contributed by atoms with Crippen LogP contribution in [0.25, 0.3) is 0 Å². The standard InChI is InChI=1S/C11H18BrN3O2S/c1-8-11(9(2)14-13-8)18(16,17)15-5-3-10(7-12)4-6-15/h10H,3-7H2,1-2H3,(H,13,14). The molecule has 1 aliphatic heterocycles. The maximum absolute atomic E-state index is 12.5. The molecule has 1 aliphatic rings. The molecule has 0 spiro atoms. The van der Waals surface area contributed by atoms with E-state index in [1.807, 2.05) is 0 Å². The van der Waals surface area contributed by atoms with Crippen molar-refractivity contribution in [3.05, 3.63) is 11.4 Å². The van der Waals surface area contributed by atoms with Gasteiger partial charge in [0.05, 0.1) is 11.4 Å². The molecule has 1 saturated heterocycles.